The van der Waals surface area contributed by atoms with Crippen LogP contribution in [0, 0.1) is 11.3 Å². The Bertz CT molecular complexity index is 649. The van der Waals surface area contributed by atoms with Crippen LogP contribution in [0.3, 0.4) is 0 Å². The molecule has 5 nitrogen and oxygen atoms in total. The van der Waals surface area contributed by atoms with Crippen molar-refractivity contribution in [2.45, 2.75) is 19.3 Å². The Morgan fingerprint density at radius 3 is 2.67 bits per heavy atom. The van der Waals surface area contributed by atoms with Crippen LogP contribution in [0.25, 0.3) is 0 Å². The lowest BCUT2D eigenvalue weighted by Gasteiger charge is -2.42. The Labute approximate surface area is 145 Å². The van der Waals surface area contributed by atoms with Gasteiger partial charge >= 0.3 is 0 Å². The average molecular weight is 353 g/mol. The number of likely N-dealkylation sites (tertiary alicyclic amines) is 1. The summed E-state index contributed by atoms with van der Waals surface area (Å²) >= 11 is 0. The zero-order valence-corrected chi connectivity index (χ0v) is 15.2. The van der Waals surface area contributed by atoms with Crippen molar-refractivity contribution >= 4 is 10.0 Å². The molecular weight excluding hydrogens is 324 g/mol. The van der Waals surface area contributed by atoms with Crippen LogP contribution < -0.4 is 0 Å². The van der Waals surface area contributed by atoms with Crippen molar-refractivity contribution in [3.8, 4) is 0 Å². The maximum atomic E-state index is 11.9. The molecule has 2 fully saturated rings. The van der Waals surface area contributed by atoms with Crippen molar-refractivity contribution in [1.29, 1.82) is 0 Å². The van der Waals surface area contributed by atoms with Crippen molar-refractivity contribution in [2.75, 3.05) is 45.6 Å². The second kappa shape index (κ2) is 7.12. The standard InChI is InChI=1S/C18H28N2O3S/c1-24(22,23)20-13-17-12-19(11-9-18(17,14-20)15-21)10-5-8-16-6-3-2-4-7-16/h2-4,6-7,17,21H,5,8-15H2,1H3/t17-,18+/m1/s1. The molecule has 2 heterocycles. The van der Waals surface area contributed by atoms with Crippen LogP contribution in [0.4, 0.5) is 0 Å². The van der Waals surface area contributed by atoms with Gasteiger partial charge < -0.3 is 10.0 Å². The normalized spacial score (nSPS) is 28.8. The average Bonchev–Trinajstić information content (AvgIpc) is 2.96. The van der Waals surface area contributed by atoms with E-state index in [1.165, 1.54) is 11.8 Å². The highest BCUT2D eigenvalue weighted by Crippen LogP contribution is 2.43. The van der Waals surface area contributed by atoms with Gasteiger partial charge in [-0.1, -0.05) is 30.3 Å². The van der Waals surface area contributed by atoms with Gasteiger partial charge in [0.25, 0.3) is 0 Å². The van der Waals surface area contributed by atoms with Crippen LogP contribution in [0.2, 0.25) is 0 Å². The van der Waals surface area contributed by atoms with Gasteiger partial charge in [0, 0.05) is 25.0 Å². The number of hydrogen-bond donors (Lipinski definition) is 1. The largest absolute Gasteiger partial charge is 0.396 e. The first-order chi connectivity index (χ1) is 11.4. The quantitative estimate of drug-likeness (QED) is 0.836. The summed E-state index contributed by atoms with van der Waals surface area (Å²) in [7, 11) is -3.18. The third-order valence-electron chi connectivity index (χ3n) is 5.75. The highest BCUT2D eigenvalue weighted by Gasteiger charge is 2.50. The highest BCUT2D eigenvalue weighted by atomic mass is 32.2. The number of fused-ring (bicyclic) bond motifs is 1. The number of hydrogen-bond acceptors (Lipinski definition) is 4. The molecule has 2 atom stereocenters. The number of sulfonamides is 1. The topological polar surface area (TPSA) is 60.9 Å². The molecule has 0 radical (unpaired) electrons. The molecule has 0 spiro atoms. The van der Waals surface area contributed by atoms with Crippen molar-refractivity contribution in [1.82, 2.24) is 9.21 Å². The molecule has 2 aliphatic heterocycles. The van der Waals surface area contributed by atoms with E-state index in [1.54, 1.807) is 4.31 Å². The first-order valence-corrected chi connectivity index (χ1v) is 10.6. The minimum absolute atomic E-state index is 0.0849. The van der Waals surface area contributed by atoms with Crippen molar-refractivity contribution in [3.05, 3.63) is 35.9 Å². The SMILES string of the molecule is CS(=O)(=O)N1C[C@H]2CN(CCCc3ccccc3)CC[C@@]2(CO)C1. The lowest BCUT2D eigenvalue weighted by Crippen LogP contribution is -2.49. The summed E-state index contributed by atoms with van der Waals surface area (Å²) in [5, 5.41) is 9.91. The van der Waals surface area contributed by atoms with Gasteiger partial charge in [0.05, 0.1) is 12.9 Å². The van der Waals surface area contributed by atoms with Crippen LogP contribution in [-0.4, -0.2) is 68.3 Å². The lowest BCUT2D eigenvalue weighted by molar-refractivity contribution is 0.0196. The monoisotopic (exact) mass is 352 g/mol. The molecule has 3 rings (SSSR count). The Kier molecular flexibility index (Phi) is 5.30. The number of aliphatic hydroxyl groups is 1. The molecule has 0 unspecified atom stereocenters. The van der Waals surface area contributed by atoms with E-state index in [0.717, 1.165) is 38.9 Å². The van der Waals surface area contributed by atoms with E-state index in [0.29, 0.717) is 13.1 Å². The summed E-state index contributed by atoms with van der Waals surface area (Å²) in [5.74, 6) is 0.239. The Morgan fingerprint density at radius 1 is 1.25 bits per heavy atom. The van der Waals surface area contributed by atoms with Gasteiger partial charge in [-0.05, 0) is 43.8 Å². The third-order valence-corrected chi connectivity index (χ3v) is 6.97. The van der Waals surface area contributed by atoms with Gasteiger partial charge in [-0.2, -0.15) is 0 Å². The molecule has 0 aromatic heterocycles. The van der Waals surface area contributed by atoms with Crippen molar-refractivity contribution in [3.63, 3.8) is 0 Å². The van der Waals surface area contributed by atoms with E-state index in [1.807, 2.05) is 6.07 Å². The van der Waals surface area contributed by atoms with Crippen LogP contribution in [0.15, 0.2) is 30.3 Å². The molecule has 0 bridgehead atoms. The third kappa shape index (κ3) is 3.82. The fourth-order valence-electron chi connectivity index (χ4n) is 4.17. The molecule has 1 N–H and O–H groups in total. The second-order valence-corrected chi connectivity index (χ2v) is 9.40. The predicted molar refractivity (Wildman–Crippen MR) is 95.2 cm³/mol. The van der Waals surface area contributed by atoms with Gasteiger partial charge in [0.2, 0.25) is 10.0 Å². The Hall–Kier alpha value is -0.950. The van der Waals surface area contributed by atoms with E-state index in [9.17, 15) is 13.5 Å². The minimum atomic E-state index is -3.18. The molecule has 134 valence electrons. The van der Waals surface area contributed by atoms with Crippen molar-refractivity contribution < 1.29 is 13.5 Å². The first kappa shape index (κ1) is 17.9. The smallest absolute Gasteiger partial charge is 0.211 e. The molecule has 1 aromatic rings. The van der Waals surface area contributed by atoms with Crippen LogP contribution in [0.1, 0.15) is 18.4 Å². The van der Waals surface area contributed by atoms with Gasteiger partial charge in [0.1, 0.15) is 0 Å². The fourth-order valence-corrected chi connectivity index (χ4v) is 5.11. The molecule has 2 saturated heterocycles. The molecule has 0 aliphatic carbocycles. The predicted octanol–water partition coefficient (Wildman–Crippen LogP) is 1.19. The number of benzene rings is 1. The maximum Gasteiger partial charge on any atom is 0.211 e. The number of piperidine rings is 1. The summed E-state index contributed by atoms with van der Waals surface area (Å²) in [4.78, 5) is 2.44. The molecule has 1 aromatic carbocycles. The highest BCUT2D eigenvalue weighted by molar-refractivity contribution is 7.88. The zero-order chi connectivity index (χ0) is 17.2. The molecule has 0 saturated carbocycles. The zero-order valence-electron chi connectivity index (χ0n) is 14.4. The molecule has 0 amide bonds. The minimum Gasteiger partial charge on any atom is -0.396 e. The van der Waals surface area contributed by atoms with E-state index >= 15 is 0 Å². The number of aryl methyl sites for hydroxylation is 1. The number of nitrogens with zero attached hydrogens (tertiary/aromatic N) is 2. The van der Waals surface area contributed by atoms with Crippen LogP contribution >= 0.6 is 0 Å². The maximum absolute atomic E-state index is 11.9. The number of rotatable bonds is 6. The summed E-state index contributed by atoms with van der Waals surface area (Å²) in [6, 6.07) is 10.5. The number of aliphatic hydroxyl groups excluding tert-OH is 1. The van der Waals surface area contributed by atoms with Gasteiger partial charge in [-0.15, -0.1) is 0 Å². The van der Waals surface area contributed by atoms with E-state index in [2.05, 4.69) is 29.2 Å². The first-order valence-electron chi connectivity index (χ1n) is 8.75. The molecular formula is C18H28N2O3S. The summed E-state index contributed by atoms with van der Waals surface area (Å²) in [5.41, 5.74) is 1.13. The summed E-state index contributed by atoms with van der Waals surface area (Å²) < 4.78 is 25.3. The lowest BCUT2D eigenvalue weighted by atomic mass is 9.73. The van der Waals surface area contributed by atoms with Gasteiger partial charge in [0.15, 0.2) is 0 Å². The Balaban J connectivity index is 1.55. The van der Waals surface area contributed by atoms with Crippen molar-refractivity contribution in [2.24, 2.45) is 11.3 Å². The molecule has 2 aliphatic rings. The second-order valence-electron chi connectivity index (χ2n) is 7.41. The summed E-state index contributed by atoms with van der Waals surface area (Å²) in [6.07, 6.45) is 4.33. The van der Waals surface area contributed by atoms with Crippen LogP contribution in [0.5, 0.6) is 0 Å². The molecule has 24 heavy (non-hydrogen) atoms. The fraction of sp³-hybridized carbons (Fsp3) is 0.667. The van der Waals surface area contributed by atoms with E-state index < -0.39 is 10.0 Å². The Morgan fingerprint density at radius 2 is 2.00 bits per heavy atom. The van der Waals surface area contributed by atoms with E-state index in [-0.39, 0.29) is 17.9 Å². The van der Waals surface area contributed by atoms with Gasteiger partial charge in [-0.3, -0.25) is 0 Å². The molecule has 6 heteroatoms. The van der Waals surface area contributed by atoms with E-state index in [4.69, 9.17) is 0 Å². The summed E-state index contributed by atoms with van der Waals surface area (Å²) in [6.45, 7) is 3.98. The van der Waals surface area contributed by atoms with Gasteiger partial charge in [-0.25, -0.2) is 12.7 Å². The van der Waals surface area contributed by atoms with Crippen LogP contribution in [-0.2, 0) is 16.4 Å².